The van der Waals surface area contributed by atoms with Crippen LogP contribution in [0, 0.1) is 40.4 Å². The molecule has 0 saturated heterocycles. The van der Waals surface area contributed by atoms with Crippen molar-refractivity contribution in [2.75, 3.05) is 0 Å². The Morgan fingerprint density at radius 2 is 1.72 bits per heavy atom. The van der Waals surface area contributed by atoms with Crippen LogP contribution in [0.3, 0.4) is 0 Å². The number of ketones is 1. The van der Waals surface area contributed by atoms with E-state index in [0.29, 0.717) is 29.1 Å². The second-order valence-electron chi connectivity index (χ2n) is 10.5. The van der Waals surface area contributed by atoms with Crippen LogP contribution in [-0.4, -0.2) is 27.7 Å². The van der Waals surface area contributed by atoms with E-state index in [1.165, 1.54) is 12.8 Å². The first kappa shape index (κ1) is 18.0. The van der Waals surface area contributed by atoms with Gasteiger partial charge in [0.15, 0.2) is 5.78 Å². The first-order valence-corrected chi connectivity index (χ1v) is 10.6. The fourth-order valence-electron chi connectivity index (χ4n) is 8.33. The predicted octanol–water partition coefficient (Wildman–Crippen LogP) is 3.96. The highest BCUT2D eigenvalue weighted by molar-refractivity contribution is 5.86. The van der Waals surface area contributed by atoms with Crippen molar-refractivity contribution in [3.05, 3.63) is 0 Å². The number of Topliss-reactive ketones (excluding diaryl/α,β-unsaturated/α-hetero) is 1. The number of hydrogen-bond acceptors (Lipinski definition) is 3. The van der Waals surface area contributed by atoms with Crippen molar-refractivity contribution in [2.45, 2.75) is 90.8 Å². The summed E-state index contributed by atoms with van der Waals surface area (Å²) >= 11 is 0. The van der Waals surface area contributed by atoms with Gasteiger partial charge in [-0.1, -0.05) is 20.8 Å². The zero-order valence-corrected chi connectivity index (χ0v) is 16.4. The smallest absolute Gasteiger partial charge is 0.162 e. The summed E-state index contributed by atoms with van der Waals surface area (Å²) in [6.07, 6.45) is 8.53. The third-order valence-electron chi connectivity index (χ3n) is 9.76. The normalized spacial score (nSPS) is 58.2. The van der Waals surface area contributed by atoms with E-state index in [1.807, 2.05) is 0 Å². The van der Waals surface area contributed by atoms with Crippen LogP contribution in [-0.2, 0) is 4.79 Å². The molecule has 0 heterocycles. The number of aliphatic hydroxyl groups excluding tert-OH is 1. The zero-order valence-electron chi connectivity index (χ0n) is 16.4. The summed E-state index contributed by atoms with van der Waals surface area (Å²) in [4.78, 5) is 12.4. The van der Waals surface area contributed by atoms with Gasteiger partial charge in [-0.3, -0.25) is 4.79 Å². The molecule has 4 aliphatic rings. The first-order valence-electron chi connectivity index (χ1n) is 10.6. The van der Waals surface area contributed by atoms with Gasteiger partial charge in [0.25, 0.3) is 0 Å². The van der Waals surface area contributed by atoms with E-state index < -0.39 is 5.60 Å². The number of aliphatic hydroxyl groups is 2. The molecule has 3 heteroatoms. The van der Waals surface area contributed by atoms with Crippen molar-refractivity contribution < 1.29 is 15.0 Å². The first-order chi connectivity index (χ1) is 11.6. The summed E-state index contributed by atoms with van der Waals surface area (Å²) in [5.74, 6) is 2.53. The second-order valence-corrected chi connectivity index (χ2v) is 10.5. The van der Waals surface area contributed by atoms with Crippen LogP contribution in [0.4, 0.5) is 0 Å². The molecule has 4 rings (SSSR count). The highest BCUT2D eigenvalue weighted by Crippen LogP contribution is 2.69. The molecule has 0 aromatic carbocycles. The van der Waals surface area contributed by atoms with Crippen LogP contribution in [0.1, 0.15) is 79.1 Å². The minimum Gasteiger partial charge on any atom is -0.393 e. The Morgan fingerprint density at radius 1 is 1.00 bits per heavy atom. The molecule has 4 saturated carbocycles. The lowest BCUT2D eigenvalue weighted by Crippen LogP contribution is -2.59. The molecule has 3 nitrogen and oxygen atoms in total. The molecule has 9 atom stereocenters. The maximum atomic E-state index is 12.4. The van der Waals surface area contributed by atoms with E-state index in [1.54, 1.807) is 6.92 Å². The monoisotopic (exact) mass is 348 g/mol. The molecule has 0 unspecified atom stereocenters. The van der Waals surface area contributed by atoms with Crippen molar-refractivity contribution in [1.29, 1.82) is 0 Å². The summed E-state index contributed by atoms with van der Waals surface area (Å²) in [6.45, 7) is 8.37. The van der Waals surface area contributed by atoms with Gasteiger partial charge in [0, 0.05) is 5.41 Å². The SMILES string of the molecule is CC(=O)[C@]1(O)[C@H](C)C[C@H]2[C@@H]3CC[C@@H]4C[C@H](O)CC[C@]4(C)[C@@H]3CC[C@@]21C. The third kappa shape index (κ3) is 2.15. The minimum absolute atomic E-state index is 0.0239. The van der Waals surface area contributed by atoms with E-state index in [2.05, 4.69) is 20.8 Å². The molecule has 0 bridgehead atoms. The Labute approximate surface area is 152 Å². The lowest BCUT2D eigenvalue weighted by Gasteiger charge is -2.61. The van der Waals surface area contributed by atoms with Gasteiger partial charge in [-0.2, -0.15) is 0 Å². The molecule has 142 valence electrons. The highest BCUT2D eigenvalue weighted by atomic mass is 16.3. The van der Waals surface area contributed by atoms with Gasteiger partial charge < -0.3 is 10.2 Å². The average molecular weight is 349 g/mol. The van der Waals surface area contributed by atoms with Crippen molar-refractivity contribution in [2.24, 2.45) is 40.4 Å². The van der Waals surface area contributed by atoms with Gasteiger partial charge >= 0.3 is 0 Å². The lowest BCUT2D eigenvalue weighted by atomic mass is 9.44. The van der Waals surface area contributed by atoms with E-state index in [9.17, 15) is 15.0 Å². The third-order valence-corrected chi connectivity index (χ3v) is 9.76. The number of fused-ring (bicyclic) bond motifs is 5. The van der Waals surface area contributed by atoms with Gasteiger partial charge in [0.2, 0.25) is 0 Å². The van der Waals surface area contributed by atoms with Crippen molar-refractivity contribution in [1.82, 2.24) is 0 Å². The summed E-state index contributed by atoms with van der Waals surface area (Å²) in [7, 11) is 0. The summed E-state index contributed by atoms with van der Waals surface area (Å²) in [5, 5.41) is 21.6. The number of carbonyl (C=O) groups excluding carboxylic acids is 1. The molecule has 0 aliphatic heterocycles. The molecule has 2 N–H and O–H groups in total. The fraction of sp³-hybridized carbons (Fsp3) is 0.955. The van der Waals surface area contributed by atoms with Gasteiger partial charge in [0.05, 0.1) is 6.10 Å². The van der Waals surface area contributed by atoms with Crippen LogP contribution in [0.15, 0.2) is 0 Å². The van der Waals surface area contributed by atoms with Crippen molar-refractivity contribution in [3.63, 3.8) is 0 Å². The number of carbonyl (C=O) groups is 1. The Bertz CT molecular complexity index is 574. The molecule has 0 aromatic heterocycles. The van der Waals surface area contributed by atoms with Gasteiger partial charge in [0.1, 0.15) is 5.60 Å². The molecular weight excluding hydrogens is 312 g/mol. The number of rotatable bonds is 1. The van der Waals surface area contributed by atoms with Crippen LogP contribution in [0.2, 0.25) is 0 Å². The molecular formula is C22H36O3. The largest absolute Gasteiger partial charge is 0.393 e. The van der Waals surface area contributed by atoms with Crippen LogP contribution < -0.4 is 0 Å². The van der Waals surface area contributed by atoms with Crippen LogP contribution in [0.5, 0.6) is 0 Å². The van der Waals surface area contributed by atoms with E-state index in [0.717, 1.165) is 38.5 Å². The Morgan fingerprint density at radius 3 is 2.40 bits per heavy atom. The quantitative estimate of drug-likeness (QED) is 0.754. The standard InChI is InChI=1S/C22H36O3/c1-13-11-19-17-6-5-15-12-16(24)7-9-20(15,3)18(17)8-10-21(19,4)22(13,25)14(2)23/h13,15-19,24-25H,5-12H2,1-4H3/t13-,15-,16-,17-,18-,19+,20+,21+,22-/m1/s1. The van der Waals surface area contributed by atoms with Gasteiger partial charge in [-0.05, 0) is 93.3 Å². The van der Waals surface area contributed by atoms with Crippen molar-refractivity contribution in [3.8, 4) is 0 Å². The molecule has 0 aromatic rings. The fourth-order valence-corrected chi connectivity index (χ4v) is 8.33. The minimum atomic E-state index is -1.14. The predicted molar refractivity (Wildman–Crippen MR) is 97.9 cm³/mol. The van der Waals surface area contributed by atoms with Gasteiger partial charge in [-0.15, -0.1) is 0 Å². The van der Waals surface area contributed by atoms with E-state index >= 15 is 0 Å². The average Bonchev–Trinajstić information content (AvgIpc) is 2.77. The molecule has 0 spiro atoms. The van der Waals surface area contributed by atoms with Crippen LogP contribution >= 0.6 is 0 Å². The van der Waals surface area contributed by atoms with Crippen molar-refractivity contribution >= 4 is 5.78 Å². The molecule has 0 radical (unpaired) electrons. The topological polar surface area (TPSA) is 57.5 Å². The molecule has 25 heavy (non-hydrogen) atoms. The Kier molecular flexibility index (Phi) is 3.99. The van der Waals surface area contributed by atoms with Gasteiger partial charge in [-0.25, -0.2) is 0 Å². The zero-order chi connectivity index (χ0) is 18.2. The highest BCUT2D eigenvalue weighted by Gasteiger charge is 2.68. The summed E-state index contributed by atoms with van der Waals surface area (Å²) in [5.41, 5.74) is -1.04. The molecule has 4 aliphatic carbocycles. The number of hydrogen-bond donors (Lipinski definition) is 2. The molecule has 4 fully saturated rings. The maximum Gasteiger partial charge on any atom is 0.162 e. The van der Waals surface area contributed by atoms with E-state index in [-0.39, 0.29) is 23.2 Å². The Balaban J connectivity index is 1.67. The van der Waals surface area contributed by atoms with E-state index in [4.69, 9.17) is 0 Å². The maximum absolute atomic E-state index is 12.4. The summed E-state index contributed by atoms with van der Waals surface area (Å²) < 4.78 is 0. The van der Waals surface area contributed by atoms with Crippen LogP contribution in [0.25, 0.3) is 0 Å². The lowest BCUT2D eigenvalue weighted by molar-refractivity contribution is -0.175. The summed E-state index contributed by atoms with van der Waals surface area (Å²) in [6, 6.07) is 0. The molecule has 0 amide bonds. The Hall–Kier alpha value is -0.410. The second kappa shape index (κ2) is 5.55.